The maximum atomic E-state index is 12.9. The van der Waals surface area contributed by atoms with Crippen LogP contribution in [0.1, 0.15) is 136 Å². The van der Waals surface area contributed by atoms with Gasteiger partial charge in [-0.25, -0.2) is 4.79 Å². The quantitative estimate of drug-likeness (QED) is 0.0372. The van der Waals surface area contributed by atoms with E-state index in [1.165, 1.54) is 59.2 Å². The summed E-state index contributed by atoms with van der Waals surface area (Å²) in [5.74, 6) is -2.05. The molecule has 0 saturated heterocycles. The molecule has 1 atom stereocenters. The molecule has 0 bridgehead atoms. The molecule has 16 heteroatoms. The van der Waals surface area contributed by atoms with Crippen LogP contribution < -0.4 is 16.0 Å². The number of amides is 3. The van der Waals surface area contributed by atoms with Crippen LogP contribution in [-0.4, -0.2) is 133 Å². The Balaban J connectivity index is 4.00. The SMILES string of the molecule is COC(COCCOCCNC(=O)COCCOCCNC(=O)CCC(NC(=O)CCCCCCCCCCCCCCCCC(=O)O)C(=O)OC(C)(C)C)OC. The molecule has 0 aliphatic heterocycles. The first-order chi connectivity index (χ1) is 27.4. The van der Waals surface area contributed by atoms with E-state index in [2.05, 4.69) is 16.0 Å². The Bertz CT molecular complexity index is 1040. The van der Waals surface area contributed by atoms with Crippen LogP contribution in [0.5, 0.6) is 0 Å². The molecule has 0 heterocycles. The molecule has 0 aliphatic carbocycles. The van der Waals surface area contributed by atoms with Gasteiger partial charge < -0.3 is 54.2 Å². The van der Waals surface area contributed by atoms with E-state index in [1.807, 2.05) is 0 Å². The molecule has 0 aromatic carbocycles. The summed E-state index contributed by atoms with van der Waals surface area (Å²) >= 11 is 0. The van der Waals surface area contributed by atoms with Crippen molar-refractivity contribution in [3.8, 4) is 0 Å². The molecular weight excluding hydrogens is 742 g/mol. The zero-order valence-electron chi connectivity index (χ0n) is 35.8. The van der Waals surface area contributed by atoms with Crippen LogP contribution in [0.25, 0.3) is 0 Å². The predicted molar refractivity (Wildman–Crippen MR) is 216 cm³/mol. The Hall–Kier alpha value is -2.89. The number of carboxylic acid groups (broad SMARTS) is 1. The third kappa shape index (κ3) is 38.4. The lowest BCUT2D eigenvalue weighted by molar-refractivity contribution is -0.159. The first-order valence-electron chi connectivity index (χ1n) is 21.0. The normalized spacial score (nSPS) is 12.0. The first-order valence-corrected chi connectivity index (χ1v) is 21.0. The minimum Gasteiger partial charge on any atom is -0.481 e. The van der Waals surface area contributed by atoms with Crippen molar-refractivity contribution < 1.29 is 62.2 Å². The summed E-state index contributed by atoms with van der Waals surface area (Å²) in [6.45, 7) is 7.84. The van der Waals surface area contributed by atoms with Gasteiger partial charge in [-0.15, -0.1) is 0 Å². The minimum atomic E-state index is -0.923. The lowest BCUT2D eigenvalue weighted by Gasteiger charge is -2.24. The second-order valence-electron chi connectivity index (χ2n) is 15.0. The molecule has 3 amide bonds. The molecule has 0 fully saturated rings. The molecular formula is C41H77N3O13. The molecule has 57 heavy (non-hydrogen) atoms. The van der Waals surface area contributed by atoms with Crippen molar-refractivity contribution in [2.75, 3.05) is 80.2 Å². The predicted octanol–water partition coefficient (Wildman–Crippen LogP) is 4.84. The number of rotatable bonds is 40. The topological polar surface area (TPSA) is 206 Å². The fourth-order valence-corrected chi connectivity index (χ4v) is 5.53. The lowest BCUT2D eigenvalue weighted by Crippen LogP contribution is -2.44. The van der Waals surface area contributed by atoms with Gasteiger partial charge in [0.25, 0.3) is 0 Å². The number of carboxylic acids is 1. The number of hydrogen-bond donors (Lipinski definition) is 4. The Morgan fingerprint density at radius 2 is 1.00 bits per heavy atom. The molecule has 0 aliphatic rings. The van der Waals surface area contributed by atoms with Crippen molar-refractivity contribution in [1.29, 1.82) is 0 Å². The third-order valence-electron chi connectivity index (χ3n) is 8.63. The zero-order chi connectivity index (χ0) is 42.4. The van der Waals surface area contributed by atoms with Gasteiger partial charge in [0, 0.05) is 46.6 Å². The van der Waals surface area contributed by atoms with Crippen LogP contribution in [0.15, 0.2) is 0 Å². The van der Waals surface area contributed by atoms with Crippen molar-refractivity contribution in [1.82, 2.24) is 16.0 Å². The molecule has 334 valence electrons. The van der Waals surface area contributed by atoms with Gasteiger partial charge in [0.15, 0.2) is 6.29 Å². The maximum Gasteiger partial charge on any atom is 0.329 e. The van der Waals surface area contributed by atoms with Crippen LogP contribution >= 0.6 is 0 Å². The lowest BCUT2D eigenvalue weighted by atomic mass is 10.0. The number of carbonyl (C=O) groups is 5. The van der Waals surface area contributed by atoms with Crippen molar-refractivity contribution in [2.24, 2.45) is 0 Å². The van der Waals surface area contributed by atoms with Crippen molar-refractivity contribution in [3.63, 3.8) is 0 Å². The standard InChI is InChI=1S/C41H77N3O13/c1-41(2,3)57-40(50)34(44-36(46)20-18-16-14-12-10-8-6-7-9-11-13-15-17-19-21-38(48)49)22-23-35(45)42-24-26-53-28-30-55-32-37(47)43-25-27-54-29-31-56-33-39(51-4)52-5/h34,39H,6-33H2,1-5H3,(H,42,45)(H,43,47)(H,44,46)(H,48,49). The van der Waals surface area contributed by atoms with Gasteiger partial charge in [0.05, 0.1) is 46.2 Å². The number of methoxy groups -OCH3 is 2. The summed E-state index contributed by atoms with van der Waals surface area (Å²) in [6.07, 6.45) is 15.6. The van der Waals surface area contributed by atoms with Crippen molar-refractivity contribution in [3.05, 3.63) is 0 Å². The van der Waals surface area contributed by atoms with Gasteiger partial charge in [-0.1, -0.05) is 77.0 Å². The van der Waals surface area contributed by atoms with Crippen LogP contribution in [0.3, 0.4) is 0 Å². The van der Waals surface area contributed by atoms with E-state index in [1.54, 1.807) is 20.8 Å². The van der Waals surface area contributed by atoms with Gasteiger partial charge in [-0.05, 0) is 40.0 Å². The van der Waals surface area contributed by atoms with Crippen molar-refractivity contribution in [2.45, 2.75) is 154 Å². The van der Waals surface area contributed by atoms with E-state index < -0.39 is 29.9 Å². The molecule has 16 nitrogen and oxygen atoms in total. The average molecular weight is 820 g/mol. The summed E-state index contributed by atoms with van der Waals surface area (Å²) in [5, 5.41) is 16.9. The van der Waals surface area contributed by atoms with E-state index in [0.29, 0.717) is 39.4 Å². The van der Waals surface area contributed by atoms with E-state index in [4.69, 9.17) is 38.3 Å². The summed E-state index contributed by atoms with van der Waals surface area (Å²) in [5.41, 5.74) is -0.733. The maximum absolute atomic E-state index is 12.9. The van der Waals surface area contributed by atoms with Gasteiger partial charge in [-0.2, -0.15) is 0 Å². The number of esters is 1. The Morgan fingerprint density at radius 1 is 0.544 bits per heavy atom. The smallest absolute Gasteiger partial charge is 0.329 e. The largest absolute Gasteiger partial charge is 0.481 e. The molecule has 0 spiro atoms. The highest BCUT2D eigenvalue weighted by Crippen LogP contribution is 2.15. The van der Waals surface area contributed by atoms with Crippen LogP contribution in [-0.2, 0) is 57.1 Å². The molecule has 0 radical (unpaired) electrons. The minimum absolute atomic E-state index is 0.0268. The Labute approximate surface area is 341 Å². The molecule has 0 rings (SSSR count). The summed E-state index contributed by atoms with van der Waals surface area (Å²) in [6, 6.07) is -0.923. The molecule has 1 unspecified atom stereocenters. The summed E-state index contributed by atoms with van der Waals surface area (Å²) in [7, 11) is 3.07. The summed E-state index contributed by atoms with van der Waals surface area (Å²) < 4.78 is 37.1. The van der Waals surface area contributed by atoms with Crippen LogP contribution in [0.2, 0.25) is 0 Å². The van der Waals surface area contributed by atoms with E-state index in [0.717, 1.165) is 44.9 Å². The number of ether oxygens (including phenoxy) is 7. The highest BCUT2D eigenvalue weighted by molar-refractivity contribution is 5.85. The Morgan fingerprint density at radius 3 is 1.49 bits per heavy atom. The van der Waals surface area contributed by atoms with Crippen molar-refractivity contribution >= 4 is 29.7 Å². The number of unbranched alkanes of at least 4 members (excludes halogenated alkanes) is 13. The second kappa shape index (κ2) is 37.4. The van der Waals surface area contributed by atoms with E-state index in [-0.39, 0.29) is 70.0 Å². The Kier molecular flexibility index (Phi) is 35.5. The van der Waals surface area contributed by atoms with E-state index >= 15 is 0 Å². The number of aliphatic carboxylic acids is 1. The highest BCUT2D eigenvalue weighted by atomic mass is 16.7. The average Bonchev–Trinajstić information content (AvgIpc) is 3.15. The fraction of sp³-hybridized carbons (Fsp3) is 0.878. The fourth-order valence-electron chi connectivity index (χ4n) is 5.53. The van der Waals surface area contributed by atoms with Gasteiger partial charge in [-0.3, -0.25) is 19.2 Å². The molecule has 0 aromatic rings. The van der Waals surface area contributed by atoms with Gasteiger partial charge in [0.2, 0.25) is 17.7 Å². The third-order valence-corrected chi connectivity index (χ3v) is 8.63. The van der Waals surface area contributed by atoms with Crippen LogP contribution in [0.4, 0.5) is 0 Å². The molecule has 0 saturated carbocycles. The van der Waals surface area contributed by atoms with Gasteiger partial charge >= 0.3 is 11.9 Å². The van der Waals surface area contributed by atoms with Crippen LogP contribution in [0, 0.1) is 0 Å². The first kappa shape index (κ1) is 54.1. The summed E-state index contributed by atoms with van der Waals surface area (Å²) in [4.78, 5) is 60.5. The molecule has 0 aromatic heterocycles. The molecule has 4 N–H and O–H groups in total. The zero-order valence-corrected chi connectivity index (χ0v) is 35.8. The number of carbonyl (C=O) groups excluding carboxylic acids is 4. The highest BCUT2D eigenvalue weighted by Gasteiger charge is 2.27. The van der Waals surface area contributed by atoms with E-state index in [9.17, 15) is 24.0 Å². The number of hydrogen-bond acceptors (Lipinski definition) is 12. The monoisotopic (exact) mass is 820 g/mol. The number of nitrogens with one attached hydrogen (secondary N) is 3. The van der Waals surface area contributed by atoms with Gasteiger partial charge in [0.1, 0.15) is 18.2 Å². The second-order valence-corrected chi connectivity index (χ2v) is 15.0.